The molecule has 0 aromatic rings. The maximum atomic E-state index is 13.0. The van der Waals surface area contributed by atoms with Gasteiger partial charge in [-0.1, -0.05) is 244 Å². The Balaban J connectivity index is 2.16. The number of amides is 1. The molecule has 1 aliphatic heterocycles. The number of hydrogen-bond acceptors (Lipinski definition) is 10. The summed E-state index contributed by atoms with van der Waals surface area (Å²) in [7, 11) is 0. The van der Waals surface area contributed by atoms with Crippen LogP contribution >= 0.6 is 0 Å². The van der Waals surface area contributed by atoms with Crippen LogP contribution in [0.1, 0.15) is 264 Å². The predicted octanol–water partition coefficient (Wildman–Crippen LogP) is 11.2. The molecule has 0 saturated carbocycles. The molecular weight excluding hydrogens is 835 g/mol. The molecule has 392 valence electrons. The quantitative estimate of drug-likeness (QED) is 0.0215. The Morgan fingerprint density at radius 3 is 1.30 bits per heavy atom. The Kier molecular flexibility index (Phi) is 42.9. The van der Waals surface area contributed by atoms with Crippen molar-refractivity contribution in [3.8, 4) is 0 Å². The van der Waals surface area contributed by atoms with Crippen LogP contribution in [0, 0.1) is 0 Å². The van der Waals surface area contributed by atoms with E-state index in [-0.39, 0.29) is 6.42 Å². The van der Waals surface area contributed by atoms with E-state index < -0.39 is 74.2 Å². The van der Waals surface area contributed by atoms with Crippen molar-refractivity contribution in [2.24, 2.45) is 0 Å². The second-order valence-corrected chi connectivity index (χ2v) is 20.0. The van der Waals surface area contributed by atoms with E-state index in [9.17, 15) is 40.5 Å². The molecule has 1 saturated heterocycles. The van der Waals surface area contributed by atoms with Crippen molar-refractivity contribution in [2.75, 3.05) is 13.2 Å². The number of hydrogen-bond donors (Lipinski definition) is 8. The molecule has 1 fully saturated rings. The van der Waals surface area contributed by atoms with Gasteiger partial charge in [0.05, 0.1) is 25.4 Å². The summed E-state index contributed by atoms with van der Waals surface area (Å²) in [6.07, 6.45) is 40.5. The lowest BCUT2D eigenvalue weighted by atomic mass is 9.98. The second kappa shape index (κ2) is 45.0. The summed E-state index contributed by atoms with van der Waals surface area (Å²) >= 11 is 0. The monoisotopic (exact) mass is 942 g/mol. The summed E-state index contributed by atoms with van der Waals surface area (Å²) in [5.74, 6) is -0.731. The molecule has 0 spiro atoms. The van der Waals surface area contributed by atoms with Crippen LogP contribution in [0.2, 0.25) is 0 Å². The lowest BCUT2D eigenvalue weighted by Gasteiger charge is -2.40. The van der Waals surface area contributed by atoms with Gasteiger partial charge in [0.2, 0.25) is 5.91 Å². The van der Waals surface area contributed by atoms with Gasteiger partial charge in [-0.05, 0) is 32.1 Å². The molecule has 1 heterocycles. The van der Waals surface area contributed by atoms with Gasteiger partial charge in [-0.3, -0.25) is 4.79 Å². The fourth-order valence-electron chi connectivity index (χ4n) is 9.21. The van der Waals surface area contributed by atoms with E-state index in [1.165, 1.54) is 193 Å². The van der Waals surface area contributed by atoms with Crippen molar-refractivity contribution in [2.45, 2.75) is 319 Å². The number of allylic oxidation sites excluding steroid dienone is 2. The predicted molar refractivity (Wildman–Crippen MR) is 270 cm³/mol. The Morgan fingerprint density at radius 1 is 0.515 bits per heavy atom. The minimum absolute atomic E-state index is 0.177. The van der Waals surface area contributed by atoms with Crippen LogP contribution in [0.4, 0.5) is 0 Å². The third-order valence-corrected chi connectivity index (χ3v) is 13.8. The third kappa shape index (κ3) is 33.4. The largest absolute Gasteiger partial charge is 0.394 e. The molecule has 0 radical (unpaired) electrons. The van der Waals surface area contributed by atoms with Gasteiger partial charge >= 0.3 is 0 Å². The van der Waals surface area contributed by atoms with Gasteiger partial charge in [-0.25, -0.2) is 0 Å². The smallest absolute Gasteiger partial charge is 0.249 e. The first-order valence-corrected chi connectivity index (χ1v) is 28.1. The Hall–Kier alpha value is -1.15. The van der Waals surface area contributed by atoms with Crippen molar-refractivity contribution < 1.29 is 50.0 Å². The van der Waals surface area contributed by atoms with Crippen molar-refractivity contribution in [3.63, 3.8) is 0 Å². The highest BCUT2D eigenvalue weighted by molar-refractivity contribution is 5.80. The molecule has 0 aromatic carbocycles. The molecule has 0 aliphatic carbocycles. The first-order valence-electron chi connectivity index (χ1n) is 28.1. The lowest BCUT2D eigenvalue weighted by molar-refractivity contribution is -0.303. The van der Waals surface area contributed by atoms with E-state index >= 15 is 0 Å². The fraction of sp³-hybridized carbons (Fsp3) is 0.945. The minimum Gasteiger partial charge on any atom is -0.394 e. The fourth-order valence-corrected chi connectivity index (χ4v) is 9.21. The molecule has 0 bridgehead atoms. The van der Waals surface area contributed by atoms with E-state index in [1.807, 2.05) is 6.08 Å². The van der Waals surface area contributed by atoms with E-state index in [0.717, 1.165) is 32.1 Å². The lowest BCUT2D eigenvalue weighted by Crippen LogP contribution is -2.60. The van der Waals surface area contributed by atoms with Gasteiger partial charge in [-0.2, -0.15) is 0 Å². The average Bonchev–Trinajstić information content (AvgIpc) is 3.32. The van der Waals surface area contributed by atoms with Gasteiger partial charge in [-0.15, -0.1) is 0 Å². The van der Waals surface area contributed by atoms with Crippen molar-refractivity contribution in [1.82, 2.24) is 5.32 Å². The summed E-state index contributed by atoms with van der Waals surface area (Å²) in [5, 5.41) is 75.6. The third-order valence-electron chi connectivity index (χ3n) is 13.8. The maximum Gasteiger partial charge on any atom is 0.249 e. The van der Waals surface area contributed by atoms with Crippen molar-refractivity contribution >= 4 is 5.91 Å². The SMILES string of the molecule is CCCCCC/C=C\CCC(O)C(=O)NC(COC1OC(CO)C(O)C(O)C1O)C(O)C(O)CCCCCCCCCCCCCCCCCCCCCCCCCCCCCCCCC. The molecule has 1 rings (SSSR count). The number of nitrogens with one attached hydrogen (secondary N) is 1. The summed E-state index contributed by atoms with van der Waals surface area (Å²) in [4.78, 5) is 13.0. The number of unbranched alkanes of at least 4 members (excludes halogenated alkanes) is 34. The summed E-state index contributed by atoms with van der Waals surface area (Å²) in [5.41, 5.74) is 0. The summed E-state index contributed by atoms with van der Waals surface area (Å²) in [6, 6.07) is -1.18. The second-order valence-electron chi connectivity index (χ2n) is 20.0. The van der Waals surface area contributed by atoms with E-state index in [1.54, 1.807) is 0 Å². The maximum absolute atomic E-state index is 13.0. The van der Waals surface area contributed by atoms with Gasteiger partial charge in [0.25, 0.3) is 0 Å². The molecular formula is C55H107NO10. The van der Waals surface area contributed by atoms with Crippen molar-refractivity contribution in [3.05, 3.63) is 12.2 Å². The van der Waals surface area contributed by atoms with Crippen molar-refractivity contribution in [1.29, 1.82) is 0 Å². The molecule has 0 aromatic heterocycles. The molecule has 66 heavy (non-hydrogen) atoms. The zero-order valence-electron chi connectivity index (χ0n) is 42.7. The zero-order chi connectivity index (χ0) is 48.3. The van der Waals surface area contributed by atoms with Crippen LogP contribution in [0.5, 0.6) is 0 Å². The standard InChI is InChI=1S/C55H107NO10/c1-3-5-7-9-11-13-14-15-16-17-18-19-20-21-22-23-24-25-26-27-28-29-30-31-32-33-34-35-37-38-40-42-47(58)50(60)46(45-65-55-53(63)52(62)51(61)49(44-57)66-55)56-54(64)48(59)43-41-39-36-12-10-8-6-4-2/h36,39,46-53,55,57-63H,3-35,37-38,40-45H2,1-2H3,(H,56,64)/b39-36-. The van der Waals surface area contributed by atoms with E-state index in [0.29, 0.717) is 19.3 Å². The normalized spacial score (nSPS) is 20.8. The van der Waals surface area contributed by atoms with Gasteiger partial charge in [0.15, 0.2) is 6.29 Å². The Morgan fingerprint density at radius 2 is 0.894 bits per heavy atom. The van der Waals surface area contributed by atoms with Gasteiger partial charge in [0.1, 0.15) is 36.6 Å². The minimum atomic E-state index is -1.66. The van der Waals surface area contributed by atoms with Crippen LogP contribution in [0.3, 0.4) is 0 Å². The molecule has 9 unspecified atom stereocenters. The zero-order valence-corrected chi connectivity index (χ0v) is 42.7. The van der Waals surface area contributed by atoms with Crippen LogP contribution in [0.15, 0.2) is 12.2 Å². The highest BCUT2D eigenvalue weighted by Gasteiger charge is 2.44. The van der Waals surface area contributed by atoms with Crippen LogP contribution in [-0.4, -0.2) is 110 Å². The molecule has 11 heteroatoms. The highest BCUT2D eigenvalue weighted by atomic mass is 16.7. The number of aliphatic hydroxyl groups excluding tert-OH is 7. The Bertz CT molecular complexity index is 1080. The van der Waals surface area contributed by atoms with Gasteiger partial charge < -0.3 is 50.5 Å². The molecule has 1 amide bonds. The first kappa shape index (κ1) is 62.9. The first-order chi connectivity index (χ1) is 32.2. The molecule has 9 atom stereocenters. The topological polar surface area (TPSA) is 189 Å². The van der Waals surface area contributed by atoms with Gasteiger partial charge in [0, 0.05) is 0 Å². The number of ether oxygens (including phenoxy) is 2. The number of rotatable bonds is 48. The molecule has 1 aliphatic rings. The Labute approximate surface area is 404 Å². The molecule has 11 nitrogen and oxygen atoms in total. The number of carbonyl (C=O) groups excluding carboxylic acids is 1. The average molecular weight is 942 g/mol. The van der Waals surface area contributed by atoms with Crippen LogP contribution in [0.25, 0.3) is 0 Å². The number of carbonyl (C=O) groups is 1. The van der Waals surface area contributed by atoms with E-state index in [4.69, 9.17) is 9.47 Å². The summed E-state index contributed by atoms with van der Waals surface area (Å²) in [6.45, 7) is 3.39. The summed E-state index contributed by atoms with van der Waals surface area (Å²) < 4.78 is 11.1. The van der Waals surface area contributed by atoms with Crippen LogP contribution in [-0.2, 0) is 14.3 Å². The van der Waals surface area contributed by atoms with E-state index in [2.05, 4.69) is 25.2 Å². The van der Waals surface area contributed by atoms with Crippen LogP contribution < -0.4 is 5.32 Å². The highest BCUT2D eigenvalue weighted by Crippen LogP contribution is 2.23. The number of aliphatic hydroxyl groups is 7. The molecule has 8 N–H and O–H groups in total.